The van der Waals surface area contributed by atoms with Crippen LogP contribution in [0.1, 0.15) is 19.3 Å². The number of nitrogens with one attached hydrogen (secondary N) is 2. The average molecular weight is 243 g/mol. The number of hydroxylamine groups is 1. The quantitative estimate of drug-likeness (QED) is 0.460. The summed E-state index contributed by atoms with van der Waals surface area (Å²) < 4.78 is 0. The van der Waals surface area contributed by atoms with Gasteiger partial charge in [-0.2, -0.15) is 0 Å². The number of carbonyl (C=O) groups excluding carboxylic acids is 1. The lowest BCUT2D eigenvalue weighted by Gasteiger charge is -2.13. The van der Waals surface area contributed by atoms with Gasteiger partial charge in [-0.1, -0.05) is 0 Å². The van der Waals surface area contributed by atoms with E-state index in [-0.39, 0.29) is 12.5 Å². The summed E-state index contributed by atoms with van der Waals surface area (Å²) in [6, 6.07) is -0.219. The number of carbonyl (C=O) groups is 2. The average Bonchev–Trinajstić information content (AvgIpc) is 2.73. The first-order chi connectivity index (χ1) is 8.13. The number of carboxylic acids is 1. The van der Waals surface area contributed by atoms with Gasteiger partial charge in [0, 0.05) is 32.1 Å². The second-order valence-electron chi connectivity index (χ2n) is 3.63. The summed E-state index contributed by atoms with van der Waals surface area (Å²) in [6.45, 7) is 0.957. The Morgan fingerprint density at radius 2 is 2.35 bits per heavy atom. The highest BCUT2D eigenvalue weighted by Gasteiger charge is 2.18. The maximum Gasteiger partial charge on any atom is 0.321 e. The van der Waals surface area contributed by atoms with Crippen molar-refractivity contribution < 1.29 is 19.5 Å². The molecule has 96 valence electrons. The van der Waals surface area contributed by atoms with Crippen LogP contribution in [0, 0.1) is 0 Å². The van der Waals surface area contributed by atoms with Crippen molar-refractivity contribution in [2.24, 2.45) is 0 Å². The van der Waals surface area contributed by atoms with E-state index in [1.807, 2.05) is 0 Å². The topological polar surface area (TPSA) is 90.9 Å². The Morgan fingerprint density at radius 1 is 1.59 bits per heavy atom. The summed E-state index contributed by atoms with van der Waals surface area (Å²) in [7, 11) is 1.51. The lowest BCUT2D eigenvalue weighted by Crippen LogP contribution is -2.36. The molecule has 0 spiro atoms. The summed E-state index contributed by atoms with van der Waals surface area (Å²) in [5.41, 5.74) is 3.51. The molecule has 7 heteroatoms. The van der Waals surface area contributed by atoms with Gasteiger partial charge in [-0.05, 0) is 6.42 Å². The van der Waals surface area contributed by atoms with Gasteiger partial charge in [-0.15, -0.1) is 0 Å². The van der Waals surface area contributed by atoms with Gasteiger partial charge in [0.25, 0.3) is 0 Å². The van der Waals surface area contributed by atoms with Crippen LogP contribution in [0.15, 0.2) is 11.9 Å². The molecule has 0 aromatic carbocycles. The largest absolute Gasteiger partial charge is 0.481 e. The molecule has 17 heavy (non-hydrogen) atoms. The van der Waals surface area contributed by atoms with E-state index < -0.39 is 5.97 Å². The highest BCUT2D eigenvalue weighted by Crippen LogP contribution is 2.11. The summed E-state index contributed by atoms with van der Waals surface area (Å²) in [5, 5.41) is 11.1. The molecule has 7 nitrogen and oxygen atoms in total. The SMILES string of the molecule is CONC1=CN(C(=O)NCCCC(=O)O)CC1. The van der Waals surface area contributed by atoms with Gasteiger partial charge in [0.05, 0.1) is 12.8 Å². The van der Waals surface area contributed by atoms with Gasteiger partial charge in [0.15, 0.2) is 0 Å². The Kier molecular flexibility index (Phi) is 5.28. The van der Waals surface area contributed by atoms with Gasteiger partial charge >= 0.3 is 12.0 Å². The van der Waals surface area contributed by atoms with Crippen molar-refractivity contribution in [2.45, 2.75) is 19.3 Å². The lowest BCUT2D eigenvalue weighted by molar-refractivity contribution is -0.137. The fraction of sp³-hybridized carbons (Fsp3) is 0.600. The number of hydrogen-bond donors (Lipinski definition) is 3. The fourth-order valence-electron chi connectivity index (χ4n) is 1.46. The monoisotopic (exact) mass is 243 g/mol. The van der Waals surface area contributed by atoms with Crippen LogP contribution in [0.4, 0.5) is 4.79 Å². The van der Waals surface area contributed by atoms with Crippen LogP contribution < -0.4 is 10.8 Å². The van der Waals surface area contributed by atoms with Crippen LogP contribution in [0.25, 0.3) is 0 Å². The molecule has 0 fully saturated rings. The molecular weight excluding hydrogens is 226 g/mol. The van der Waals surface area contributed by atoms with E-state index in [4.69, 9.17) is 9.94 Å². The first-order valence-corrected chi connectivity index (χ1v) is 5.39. The molecule has 0 atom stereocenters. The predicted molar refractivity (Wildman–Crippen MR) is 59.8 cm³/mol. The summed E-state index contributed by atoms with van der Waals surface area (Å²) in [6.07, 6.45) is 2.89. The number of amides is 2. The van der Waals surface area contributed by atoms with Crippen molar-refractivity contribution in [3.63, 3.8) is 0 Å². The van der Waals surface area contributed by atoms with Crippen molar-refractivity contribution in [1.29, 1.82) is 0 Å². The molecule has 1 heterocycles. The highest BCUT2D eigenvalue weighted by atomic mass is 16.6. The zero-order valence-electron chi connectivity index (χ0n) is 9.73. The number of rotatable bonds is 6. The third-order valence-corrected chi connectivity index (χ3v) is 2.27. The molecule has 0 unspecified atom stereocenters. The van der Waals surface area contributed by atoms with Crippen molar-refractivity contribution in [3.05, 3.63) is 11.9 Å². The van der Waals surface area contributed by atoms with E-state index in [0.717, 1.165) is 12.1 Å². The Hall–Kier alpha value is -1.76. The van der Waals surface area contributed by atoms with Crippen molar-refractivity contribution in [1.82, 2.24) is 15.7 Å². The van der Waals surface area contributed by atoms with E-state index >= 15 is 0 Å². The van der Waals surface area contributed by atoms with Crippen LogP contribution in [-0.4, -0.2) is 42.2 Å². The van der Waals surface area contributed by atoms with Crippen LogP contribution in [-0.2, 0) is 9.63 Å². The number of carboxylic acid groups (broad SMARTS) is 1. The first-order valence-electron chi connectivity index (χ1n) is 5.39. The van der Waals surface area contributed by atoms with Gasteiger partial charge in [0.2, 0.25) is 0 Å². The number of aliphatic carboxylic acids is 1. The lowest BCUT2D eigenvalue weighted by atomic mass is 10.3. The third kappa shape index (κ3) is 4.73. The van der Waals surface area contributed by atoms with Crippen molar-refractivity contribution >= 4 is 12.0 Å². The minimum Gasteiger partial charge on any atom is -0.481 e. The molecule has 0 bridgehead atoms. The second kappa shape index (κ2) is 6.74. The van der Waals surface area contributed by atoms with Crippen molar-refractivity contribution in [3.8, 4) is 0 Å². The maximum atomic E-state index is 11.6. The molecule has 2 amide bonds. The molecule has 0 aromatic heterocycles. The van der Waals surface area contributed by atoms with E-state index in [1.54, 1.807) is 6.20 Å². The van der Waals surface area contributed by atoms with Crippen LogP contribution in [0.3, 0.4) is 0 Å². The molecule has 1 aliphatic heterocycles. The number of nitrogens with zero attached hydrogens (tertiary/aromatic N) is 1. The Bertz CT molecular complexity index is 317. The Morgan fingerprint density at radius 3 is 3.00 bits per heavy atom. The molecule has 0 saturated carbocycles. The second-order valence-corrected chi connectivity index (χ2v) is 3.63. The Balaban J connectivity index is 2.22. The maximum absolute atomic E-state index is 11.6. The molecule has 0 radical (unpaired) electrons. The molecule has 0 saturated heterocycles. The number of urea groups is 1. The predicted octanol–water partition coefficient (Wildman–Crippen LogP) is 0.259. The Labute approximate surface area is 99.4 Å². The molecule has 1 aliphatic rings. The minimum absolute atomic E-state index is 0.0621. The normalized spacial score (nSPS) is 14.4. The fourth-order valence-corrected chi connectivity index (χ4v) is 1.46. The van der Waals surface area contributed by atoms with Crippen LogP contribution in [0.5, 0.6) is 0 Å². The third-order valence-electron chi connectivity index (χ3n) is 2.27. The van der Waals surface area contributed by atoms with Gasteiger partial charge in [-0.3, -0.25) is 20.0 Å². The number of hydrogen-bond acceptors (Lipinski definition) is 4. The molecule has 3 N–H and O–H groups in total. The van der Waals surface area contributed by atoms with E-state index in [1.165, 1.54) is 12.0 Å². The molecule has 0 aromatic rings. The van der Waals surface area contributed by atoms with E-state index in [2.05, 4.69) is 10.8 Å². The summed E-state index contributed by atoms with van der Waals surface area (Å²) >= 11 is 0. The molecular formula is C10H17N3O4. The summed E-state index contributed by atoms with van der Waals surface area (Å²) in [4.78, 5) is 28.1. The smallest absolute Gasteiger partial charge is 0.321 e. The van der Waals surface area contributed by atoms with Gasteiger partial charge in [0.1, 0.15) is 0 Å². The zero-order chi connectivity index (χ0) is 12.7. The molecule has 0 aliphatic carbocycles. The summed E-state index contributed by atoms with van der Waals surface area (Å²) in [5.74, 6) is -0.855. The van der Waals surface area contributed by atoms with E-state index in [0.29, 0.717) is 19.5 Å². The minimum atomic E-state index is -0.855. The molecule has 1 rings (SSSR count). The standard InChI is InChI=1S/C10H17N3O4/c1-17-12-8-4-6-13(7-8)10(16)11-5-2-3-9(14)15/h7,12H,2-6H2,1H3,(H,11,16)(H,14,15). The zero-order valence-corrected chi connectivity index (χ0v) is 9.73. The van der Waals surface area contributed by atoms with E-state index in [9.17, 15) is 9.59 Å². The van der Waals surface area contributed by atoms with Crippen LogP contribution in [0.2, 0.25) is 0 Å². The highest BCUT2D eigenvalue weighted by molar-refractivity contribution is 5.75. The van der Waals surface area contributed by atoms with Crippen LogP contribution >= 0.6 is 0 Å². The van der Waals surface area contributed by atoms with Gasteiger partial charge < -0.3 is 10.4 Å². The first kappa shape index (κ1) is 13.3. The van der Waals surface area contributed by atoms with Gasteiger partial charge in [-0.25, -0.2) is 4.79 Å². The van der Waals surface area contributed by atoms with Crippen molar-refractivity contribution in [2.75, 3.05) is 20.2 Å².